The predicted octanol–water partition coefficient (Wildman–Crippen LogP) is 1.31. The van der Waals surface area contributed by atoms with Crippen LogP contribution in [-0.4, -0.2) is 56.1 Å². The summed E-state index contributed by atoms with van der Waals surface area (Å²) < 4.78 is 25.5. The Bertz CT molecular complexity index is 372. The Hall–Kier alpha value is 0.300. The van der Waals surface area contributed by atoms with Crippen LogP contribution in [0.4, 0.5) is 0 Å². The minimum Gasteiger partial charge on any atom is -0.382 e. The monoisotopic (exact) mass is 328 g/mol. The molecule has 0 saturated carbocycles. The normalized spacial score (nSPS) is 46.1. The lowest BCUT2D eigenvalue weighted by Gasteiger charge is -2.45. The molecule has 1 aliphatic heterocycles. The quantitative estimate of drug-likeness (QED) is 0.579. The van der Waals surface area contributed by atoms with Crippen LogP contribution in [-0.2, 0) is 9.13 Å². The zero-order chi connectivity index (χ0) is 15.9. The molecule has 0 radical (unpaired) electrons. The van der Waals surface area contributed by atoms with E-state index >= 15 is 0 Å². The summed E-state index contributed by atoms with van der Waals surface area (Å²) in [6.45, 7) is 7.06. The summed E-state index contributed by atoms with van der Waals surface area (Å²) in [5.41, 5.74) is 0. The Labute approximate surface area is 120 Å². The predicted molar refractivity (Wildman–Crippen MR) is 78.7 cm³/mol. The second-order valence-electron chi connectivity index (χ2n) is 6.52. The van der Waals surface area contributed by atoms with Gasteiger partial charge in [-0.3, -0.25) is 0 Å². The van der Waals surface area contributed by atoms with Gasteiger partial charge in [-0.15, -0.1) is 0 Å². The van der Waals surface area contributed by atoms with Gasteiger partial charge >= 0.3 is 0 Å². The van der Waals surface area contributed by atoms with Crippen molar-refractivity contribution < 1.29 is 29.6 Å². The summed E-state index contributed by atoms with van der Waals surface area (Å²) in [6.07, 6.45) is -0.0176. The number of hydrogen-bond acceptors (Lipinski definition) is 6. The van der Waals surface area contributed by atoms with Gasteiger partial charge in [0.2, 0.25) is 0 Å². The van der Waals surface area contributed by atoms with E-state index in [-0.39, 0.29) is 24.2 Å². The van der Waals surface area contributed by atoms with Gasteiger partial charge in [0.15, 0.2) is 0 Å². The standard InChI is InChI=1S/C12H26O6P2/c1-7(2)5-19(17)9(13)11(15)20(18,6-8(3)4)12(16)10(19)14/h7-16H,5-6H2,1-4H3. The van der Waals surface area contributed by atoms with E-state index in [4.69, 9.17) is 0 Å². The molecule has 0 aromatic rings. The van der Waals surface area contributed by atoms with Gasteiger partial charge in [-0.25, -0.2) is 0 Å². The molecule has 4 unspecified atom stereocenters. The zero-order valence-corrected chi connectivity index (χ0v) is 14.2. The van der Waals surface area contributed by atoms with Crippen molar-refractivity contribution in [1.29, 1.82) is 0 Å². The topological polar surface area (TPSA) is 115 Å². The molecule has 120 valence electrons. The molecular weight excluding hydrogens is 302 g/mol. The molecule has 4 N–H and O–H groups in total. The number of rotatable bonds is 4. The molecule has 4 atom stereocenters. The lowest BCUT2D eigenvalue weighted by atomic mass is 10.3. The van der Waals surface area contributed by atoms with Crippen molar-refractivity contribution in [3.63, 3.8) is 0 Å². The highest BCUT2D eigenvalue weighted by Gasteiger charge is 2.61. The molecule has 0 aliphatic carbocycles. The summed E-state index contributed by atoms with van der Waals surface area (Å²) in [4.78, 5) is 0. The number of aliphatic hydroxyl groups is 4. The van der Waals surface area contributed by atoms with Gasteiger partial charge in [-0.2, -0.15) is 0 Å². The zero-order valence-electron chi connectivity index (χ0n) is 12.4. The average Bonchev–Trinajstić information content (AvgIpc) is 2.31. The van der Waals surface area contributed by atoms with Gasteiger partial charge in [0.05, 0.1) is 0 Å². The van der Waals surface area contributed by atoms with E-state index in [0.29, 0.717) is 0 Å². The molecular formula is C12H26O6P2. The summed E-state index contributed by atoms with van der Waals surface area (Å²) in [5.74, 6) is -7.15. The van der Waals surface area contributed by atoms with Gasteiger partial charge in [-0.1, -0.05) is 27.7 Å². The molecule has 1 fully saturated rings. The molecule has 0 aromatic carbocycles. The largest absolute Gasteiger partial charge is 0.382 e. The van der Waals surface area contributed by atoms with Crippen molar-refractivity contribution in [2.75, 3.05) is 12.3 Å². The van der Waals surface area contributed by atoms with E-state index in [2.05, 4.69) is 0 Å². The summed E-state index contributed by atoms with van der Waals surface area (Å²) in [5, 5.41) is 40.5. The van der Waals surface area contributed by atoms with Crippen LogP contribution in [0.15, 0.2) is 0 Å². The average molecular weight is 328 g/mol. The second-order valence-corrected chi connectivity index (χ2v) is 12.8. The molecule has 0 spiro atoms. The first-order chi connectivity index (χ1) is 8.96. The fourth-order valence-corrected chi connectivity index (χ4v) is 11.1. The van der Waals surface area contributed by atoms with Crippen LogP contribution in [0.5, 0.6) is 0 Å². The molecule has 1 heterocycles. The summed E-state index contributed by atoms with van der Waals surface area (Å²) >= 11 is 0. The van der Waals surface area contributed by atoms with Crippen molar-refractivity contribution in [1.82, 2.24) is 0 Å². The fraction of sp³-hybridized carbons (Fsp3) is 1.00. The van der Waals surface area contributed by atoms with Crippen LogP contribution in [0.3, 0.4) is 0 Å². The first-order valence-electron chi connectivity index (χ1n) is 6.86. The third-order valence-electron chi connectivity index (χ3n) is 3.63. The molecule has 6 nitrogen and oxygen atoms in total. The molecule has 1 aliphatic rings. The van der Waals surface area contributed by atoms with E-state index in [1.807, 2.05) is 0 Å². The highest BCUT2D eigenvalue weighted by atomic mass is 31.2. The van der Waals surface area contributed by atoms with Crippen molar-refractivity contribution in [2.45, 2.75) is 51.1 Å². The maximum Gasteiger partial charge on any atom is 0.148 e. The lowest BCUT2D eigenvalue weighted by molar-refractivity contribution is 0.0616. The van der Waals surface area contributed by atoms with Gasteiger partial charge in [0.25, 0.3) is 0 Å². The van der Waals surface area contributed by atoms with Crippen LogP contribution in [0.1, 0.15) is 27.7 Å². The molecule has 1 saturated heterocycles. The minimum atomic E-state index is -3.65. The third kappa shape index (κ3) is 3.06. The number of aliphatic hydroxyl groups excluding tert-OH is 4. The summed E-state index contributed by atoms with van der Waals surface area (Å²) in [6, 6.07) is 0. The Morgan fingerprint density at radius 1 is 0.700 bits per heavy atom. The van der Waals surface area contributed by atoms with Crippen molar-refractivity contribution >= 4 is 14.3 Å². The minimum absolute atomic E-state index is 0.00880. The highest BCUT2D eigenvalue weighted by Crippen LogP contribution is 2.72. The van der Waals surface area contributed by atoms with Crippen LogP contribution in [0, 0.1) is 11.8 Å². The van der Waals surface area contributed by atoms with Crippen LogP contribution >= 0.6 is 14.3 Å². The van der Waals surface area contributed by atoms with Gasteiger partial charge in [-0.05, 0) is 11.8 Å². The maximum atomic E-state index is 12.8. The number of hydrogen-bond donors (Lipinski definition) is 4. The van der Waals surface area contributed by atoms with E-state index in [1.54, 1.807) is 27.7 Å². The van der Waals surface area contributed by atoms with Crippen molar-refractivity contribution in [2.24, 2.45) is 11.8 Å². The Kier molecular flexibility index (Phi) is 5.68. The molecule has 0 amide bonds. The second kappa shape index (κ2) is 6.20. The van der Waals surface area contributed by atoms with E-state index < -0.39 is 37.7 Å². The Morgan fingerprint density at radius 2 is 0.900 bits per heavy atom. The van der Waals surface area contributed by atoms with Crippen molar-refractivity contribution in [3.8, 4) is 0 Å². The van der Waals surface area contributed by atoms with E-state index in [1.165, 1.54) is 0 Å². The highest BCUT2D eigenvalue weighted by molar-refractivity contribution is 7.73. The van der Waals surface area contributed by atoms with Crippen molar-refractivity contribution in [3.05, 3.63) is 0 Å². The molecule has 20 heavy (non-hydrogen) atoms. The van der Waals surface area contributed by atoms with Gasteiger partial charge < -0.3 is 29.6 Å². The van der Waals surface area contributed by atoms with Crippen LogP contribution in [0.25, 0.3) is 0 Å². The molecule has 1 rings (SSSR count). The fourth-order valence-electron chi connectivity index (χ4n) is 2.79. The molecule has 8 heteroatoms. The molecule has 0 bridgehead atoms. The van der Waals surface area contributed by atoms with Gasteiger partial charge in [0, 0.05) is 12.3 Å². The Morgan fingerprint density at radius 3 is 1.05 bits per heavy atom. The molecule has 0 aromatic heterocycles. The first kappa shape index (κ1) is 18.3. The smallest absolute Gasteiger partial charge is 0.148 e. The van der Waals surface area contributed by atoms with Gasteiger partial charge in [0.1, 0.15) is 37.7 Å². The van der Waals surface area contributed by atoms with Crippen LogP contribution < -0.4 is 0 Å². The SMILES string of the molecule is CC(C)CP1(=O)C(O)C(O)P(=O)(CC(C)C)C(O)C1O. The third-order valence-corrected chi connectivity index (χ3v) is 11.4. The lowest BCUT2D eigenvalue weighted by Crippen LogP contribution is -2.46. The van der Waals surface area contributed by atoms with Crippen LogP contribution in [0.2, 0.25) is 0 Å². The maximum absolute atomic E-state index is 12.8. The van der Waals surface area contributed by atoms with E-state index in [0.717, 1.165) is 0 Å². The van der Waals surface area contributed by atoms with E-state index in [9.17, 15) is 29.6 Å². The summed E-state index contributed by atoms with van der Waals surface area (Å²) in [7, 11) is -7.30. The Balaban J connectivity index is 3.21. The first-order valence-corrected chi connectivity index (χ1v) is 10.9.